The normalized spacial score (nSPS) is 15.2. The minimum absolute atomic E-state index is 0.162. The van der Waals surface area contributed by atoms with Gasteiger partial charge in [0.1, 0.15) is 17.1 Å². The molecule has 6 heteroatoms. The highest BCUT2D eigenvalue weighted by atomic mass is 16.5. The van der Waals surface area contributed by atoms with Crippen LogP contribution in [-0.4, -0.2) is 43.3 Å². The summed E-state index contributed by atoms with van der Waals surface area (Å²) in [6.07, 6.45) is 0. The molecule has 1 aliphatic heterocycles. The molecule has 2 aromatic carbocycles. The number of hydrogen-bond acceptors (Lipinski definition) is 6. The molecule has 1 N–H and O–H groups in total. The molecule has 27 heavy (non-hydrogen) atoms. The van der Waals surface area contributed by atoms with Crippen molar-refractivity contribution in [3.05, 3.63) is 64.5 Å². The minimum atomic E-state index is -0.404. The van der Waals surface area contributed by atoms with Crippen molar-refractivity contribution in [1.82, 2.24) is 4.90 Å². The molecule has 0 bridgehead atoms. The second-order valence-corrected chi connectivity index (χ2v) is 6.70. The molecule has 0 saturated carbocycles. The van der Waals surface area contributed by atoms with Crippen LogP contribution in [0.2, 0.25) is 0 Å². The van der Waals surface area contributed by atoms with Crippen molar-refractivity contribution in [2.24, 2.45) is 0 Å². The Hall–Kier alpha value is -2.99. The quantitative estimate of drug-likeness (QED) is 0.717. The van der Waals surface area contributed by atoms with Crippen molar-refractivity contribution < 1.29 is 14.3 Å². The number of nitrogens with zero attached hydrogens (tertiary/aromatic N) is 2. The van der Waals surface area contributed by atoms with Crippen LogP contribution in [0.5, 0.6) is 11.5 Å². The van der Waals surface area contributed by atoms with Gasteiger partial charge in [-0.2, -0.15) is 0 Å². The van der Waals surface area contributed by atoms with Gasteiger partial charge in [-0.05, 0) is 42.5 Å². The first-order valence-corrected chi connectivity index (χ1v) is 9.00. The summed E-state index contributed by atoms with van der Waals surface area (Å²) in [5, 5.41) is 11.1. The van der Waals surface area contributed by atoms with Crippen LogP contribution in [0, 0.1) is 0 Å². The fourth-order valence-corrected chi connectivity index (χ4v) is 3.51. The van der Waals surface area contributed by atoms with Gasteiger partial charge in [-0.1, -0.05) is 0 Å². The van der Waals surface area contributed by atoms with E-state index in [1.807, 2.05) is 12.1 Å². The smallest absolute Gasteiger partial charge is 0.336 e. The van der Waals surface area contributed by atoms with Crippen LogP contribution in [0.15, 0.2) is 57.7 Å². The number of fused-ring (bicyclic) bond motifs is 1. The molecule has 4 rings (SSSR count). The van der Waals surface area contributed by atoms with E-state index in [9.17, 15) is 9.90 Å². The summed E-state index contributed by atoms with van der Waals surface area (Å²) in [4.78, 5) is 16.2. The second-order valence-electron chi connectivity index (χ2n) is 6.70. The van der Waals surface area contributed by atoms with Crippen LogP contribution in [0.1, 0.15) is 5.56 Å². The molecule has 0 radical (unpaired) electrons. The van der Waals surface area contributed by atoms with Gasteiger partial charge in [0.2, 0.25) is 0 Å². The van der Waals surface area contributed by atoms with Crippen molar-refractivity contribution in [3.8, 4) is 11.5 Å². The summed E-state index contributed by atoms with van der Waals surface area (Å²) in [6, 6.07) is 14.6. The van der Waals surface area contributed by atoms with Crippen LogP contribution in [0.25, 0.3) is 11.0 Å². The third kappa shape index (κ3) is 3.61. The van der Waals surface area contributed by atoms with Crippen LogP contribution in [0.4, 0.5) is 5.69 Å². The number of benzene rings is 2. The van der Waals surface area contributed by atoms with E-state index in [1.54, 1.807) is 25.3 Å². The lowest BCUT2D eigenvalue weighted by molar-refractivity contribution is 0.246. The fraction of sp³-hybridized carbons (Fsp3) is 0.286. The maximum atomic E-state index is 11.6. The molecule has 0 spiro atoms. The van der Waals surface area contributed by atoms with Crippen LogP contribution in [-0.2, 0) is 6.54 Å². The minimum Gasteiger partial charge on any atom is -0.507 e. The van der Waals surface area contributed by atoms with Gasteiger partial charge in [-0.3, -0.25) is 4.90 Å². The molecular weight excluding hydrogens is 344 g/mol. The van der Waals surface area contributed by atoms with E-state index < -0.39 is 5.63 Å². The summed E-state index contributed by atoms with van der Waals surface area (Å²) in [6.45, 7) is 4.05. The molecule has 0 amide bonds. The number of hydrogen-bond donors (Lipinski definition) is 1. The highest BCUT2D eigenvalue weighted by molar-refractivity contribution is 5.81. The number of methoxy groups -OCH3 is 1. The summed E-state index contributed by atoms with van der Waals surface area (Å²) in [5.41, 5.74) is 1.91. The Morgan fingerprint density at radius 1 is 1.00 bits per heavy atom. The number of phenolic OH excluding ortho intramolecular Hbond substituents is 1. The highest BCUT2D eigenvalue weighted by Crippen LogP contribution is 2.28. The number of phenols is 1. The van der Waals surface area contributed by atoms with Crippen LogP contribution >= 0.6 is 0 Å². The Bertz CT molecular complexity index is 989. The number of aromatic hydroxyl groups is 1. The lowest BCUT2D eigenvalue weighted by Gasteiger charge is -2.36. The Labute approximate surface area is 157 Å². The number of anilines is 1. The Morgan fingerprint density at radius 2 is 1.70 bits per heavy atom. The van der Waals surface area contributed by atoms with E-state index in [1.165, 1.54) is 11.8 Å². The molecule has 2 heterocycles. The molecule has 1 saturated heterocycles. The molecule has 6 nitrogen and oxygen atoms in total. The second kappa shape index (κ2) is 7.32. The molecule has 1 aromatic heterocycles. The molecule has 0 unspecified atom stereocenters. The van der Waals surface area contributed by atoms with Gasteiger partial charge in [-0.25, -0.2) is 4.79 Å². The number of piperazine rings is 1. The number of ether oxygens (including phenoxy) is 1. The molecule has 0 aliphatic carbocycles. The van der Waals surface area contributed by atoms with E-state index in [-0.39, 0.29) is 5.75 Å². The van der Waals surface area contributed by atoms with Gasteiger partial charge in [0.05, 0.1) is 12.7 Å². The summed E-state index contributed by atoms with van der Waals surface area (Å²) >= 11 is 0. The summed E-state index contributed by atoms with van der Waals surface area (Å²) in [5.74, 6) is 1.01. The lowest BCUT2D eigenvalue weighted by atomic mass is 10.1. The molecule has 1 fully saturated rings. The zero-order valence-electron chi connectivity index (χ0n) is 15.2. The van der Waals surface area contributed by atoms with E-state index in [4.69, 9.17) is 9.15 Å². The topological polar surface area (TPSA) is 66.2 Å². The van der Waals surface area contributed by atoms with Crippen molar-refractivity contribution >= 4 is 16.7 Å². The average Bonchev–Trinajstić information content (AvgIpc) is 2.71. The van der Waals surface area contributed by atoms with Crippen molar-refractivity contribution in [2.45, 2.75) is 6.54 Å². The molecule has 3 aromatic rings. The summed E-state index contributed by atoms with van der Waals surface area (Å²) < 4.78 is 10.6. The predicted molar refractivity (Wildman–Crippen MR) is 105 cm³/mol. The van der Waals surface area contributed by atoms with E-state index >= 15 is 0 Å². The third-order valence-corrected chi connectivity index (χ3v) is 5.06. The average molecular weight is 366 g/mol. The monoisotopic (exact) mass is 366 g/mol. The van der Waals surface area contributed by atoms with Gasteiger partial charge in [0.15, 0.2) is 0 Å². The van der Waals surface area contributed by atoms with Gasteiger partial charge < -0.3 is 19.2 Å². The third-order valence-electron chi connectivity index (χ3n) is 5.06. The summed E-state index contributed by atoms with van der Waals surface area (Å²) in [7, 11) is 1.67. The van der Waals surface area contributed by atoms with Crippen molar-refractivity contribution in [1.29, 1.82) is 0 Å². The highest BCUT2D eigenvalue weighted by Gasteiger charge is 2.20. The van der Waals surface area contributed by atoms with E-state index in [0.29, 0.717) is 17.7 Å². The van der Waals surface area contributed by atoms with Gasteiger partial charge in [0.25, 0.3) is 0 Å². The Morgan fingerprint density at radius 3 is 2.41 bits per heavy atom. The Balaban J connectivity index is 1.48. The lowest BCUT2D eigenvalue weighted by Crippen LogP contribution is -2.46. The SMILES string of the molecule is COc1ccc(N2CCN(Cc3c(O)ccc4ccc(=O)oc34)CC2)cc1. The maximum absolute atomic E-state index is 11.6. The molecule has 1 aliphatic rings. The van der Waals surface area contributed by atoms with Gasteiger partial charge in [-0.15, -0.1) is 0 Å². The van der Waals surface area contributed by atoms with Gasteiger partial charge in [0, 0.05) is 49.9 Å². The molecular formula is C21H22N2O4. The van der Waals surface area contributed by atoms with Crippen LogP contribution in [0.3, 0.4) is 0 Å². The Kier molecular flexibility index (Phi) is 4.73. The van der Waals surface area contributed by atoms with Gasteiger partial charge >= 0.3 is 5.63 Å². The zero-order chi connectivity index (χ0) is 18.8. The fourth-order valence-electron chi connectivity index (χ4n) is 3.51. The molecule has 0 atom stereocenters. The van der Waals surface area contributed by atoms with Crippen molar-refractivity contribution in [3.63, 3.8) is 0 Å². The van der Waals surface area contributed by atoms with Crippen LogP contribution < -0.4 is 15.3 Å². The first kappa shape index (κ1) is 17.4. The molecule has 140 valence electrons. The first-order chi connectivity index (χ1) is 13.1. The van der Waals surface area contributed by atoms with E-state index in [0.717, 1.165) is 37.3 Å². The standard InChI is InChI=1S/C21H22N2O4/c1-26-17-6-4-16(5-7-17)23-12-10-22(11-13-23)14-18-19(24)8-2-15-3-9-20(25)27-21(15)18/h2-9,24H,10-14H2,1H3. The largest absolute Gasteiger partial charge is 0.507 e. The zero-order valence-corrected chi connectivity index (χ0v) is 15.2. The maximum Gasteiger partial charge on any atom is 0.336 e. The first-order valence-electron chi connectivity index (χ1n) is 9.00. The van der Waals surface area contributed by atoms with E-state index in [2.05, 4.69) is 21.9 Å². The van der Waals surface area contributed by atoms with Crippen molar-refractivity contribution in [2.75, 3.05) is 38.2 Å². The number of rotatable bonds is 4. The predicted octanol–water partition coefficient (Wildman–Crippen LogP) is 2.83.